The molecule has 2 heterocycles. The van der Waals surface area contributed by atoms with Gasteiger partial charge in [0.2, 0.25) is 0 Å². The number of rotatable bonds is 6. The van der Waals surface area contributed by atoms with Gasteiger partial charge in [-0.3, -0.25) is 0 Å². The van der Waals surface area contributed by atoms with Gasteiger partial charge in [0.25, 0.3) is 0 Å². The predicted octanol–water partition coefficient (Wildman–Crippen LogP) is 15.3. The van der Waals surface area contributed by atoms with Crippen molar-refractivity contribution in [2.24, 2.45) is 0 Å². The van der Waals surface area contributed by atoms with E-state index in [-0.39, 0.29) is 0 Å². The van der Waals surface area contributed by atoms with Gasteiger partial charge < -0.3 is 0 Å². The van der Waals surface area contributed by atoms with Crippen molar-refractivity contribution in [1.29, 1.82) is 0 Å². The normalized spacial score (nSPS) is 12.9. The Labute approximate surface area is 366 Å². The molecule has 0 atom stereocenters. The maximum atomic E-state index is 5.32. The number of aromatic nitrogens is 2. The van der Waals surface area contributed by atoms with E-state index in [0.29, 0.717) is 5.82 Å². The molecule has 1 aliphatic heterocycles. The number of hydrogen-bond acceptors (Lipinski definition) is 3. The molecule has 0 amide bonds. The van der Waals surface area contributed by atoms with E-state index in [9.17, 15) is 0 Å². The van der Waals surface area contributed by atoms with Gasteiger partial charge in [-0.1, -0.05) is 206 Å². The molecule has 62 heavy (non-hydrogen) atoms. The zero-order valence-corrected chi connectivity index (χ0v) is 34.6. The van der Waals surface area contributed by atoms with Gasteiger partial charge in [0.15, 0.2) is 5.82 Å². The fourth-order valence-corrected chi connectivity index (χ4v) is 11.0. The lowest BCUT2D eigenvalue weighted by Crippen LogP contribution is -2.31. The van der Waals surface area contributed by atoms with Crippen molar-refractivity contribution < 1.29 is 0 Å². The smallest absolute Gasteiger partial charge is 0.160 e. The van der Waals surface area contributed by atoms with Gasteiger partial charge in [0.05, 0.1) is 16.8 Å². The minimum atomic E-state index is -0.395. The van der Waals surface area contributed by atoms with Crippen molar-refractivity contribution >= 4 is 11.8 Å². The Hall–Kier alpha value is -7.59. The largest absolute Gasteiger partial charge is 0.228 e. The molecule has 0 saturated heterocycles. The van der Waals surface area contributed by atoms with E-state index >= 15 is 0 Å². The van der Waals surface area contributed by atoms with Crippen LogP contribution in [0.3, 0.4) is 0 Å². The highest BCUT2D eigenvalue weighted by Crippen LogP contribution is 2.62. The highest BCUT2D eigenvalue weighted by Gasteiger charge is 2.50. The molecule has 0 radical (unpaired) electrons. The molecule has 290 valence electrons. The summed E-state index contributed by atoms with van der Waals surface area (Å²) in [4.78, 5) is 13.2. The summed E-state index contributed by atoms with van der Waals surface area (Å²) in [6, 6.07) is 83.3. The quantitative estimate of drug-likeness (QED) is 0.167. The summed E-state index contributed by atoms with van der Waals surface area (Å²) < 4.78 is 0. The Morgan fingerprint density at radius 3 is 1.29 bits per heavy atom. The summed E-state index contributed by atoms with van der Waals surface area (Å²) in [6.07, 6.45) is 0. The van der Waals surface area contributed by atoms with Gasteiger partial charge in [-0.05, 0) is 103 Å². The topological polar surface area (TPSA) is 25.8 Å². The number of nitrogens with zero attached hydrogens (tertiary/aromatic N) is 2. The van der Waals surface area contributed by atoms with Crippen molar-refractivity contribution in [1.82, 2.24) is 9.97 Å². The standard InChI is InChI=1S/C59H38N2S/c1-3-16-39(17-4-1)41-20-13-23-45(34-41)54-38-55(61-58(60-54)47-25-15-21-42(36-47)40-18-5-2-6-19-40)46-24-14-22-43(35-46)44-32-33-53-57(37-44)62-56-31-12-11-30-52(56)59(53)50-28-9-7-26-48(50)49-27-8-10-29-51(49)59/h1-38H. The maximum Gasteiger partial charge on any atom is 0.160 e. The van der Waals surface area contributed by atoms with Crippen LogP contribution in [-0.2, 0) is 5.41 Å². The van der Waals surface area contributed by atoms with E-state index in [4.69, 9.17) is 9.97 Å². The summed E-state index contributed by atoms with van der Waals surface area (Å²) >= 11 is 1.88. The molecule has 12 rings (SSSR count). The Bertz CT molecular complexity index is 3190. The minimum Gasteiger partial charge on any atom is -0.228 e. The highest BCUT2D eigenvalue weighted by atomic mass is 32.2. The zero-order valence-electron chi connectivity index (χ0n) is 33.7. The molecule has 1 aromatic heterocycles. The predicted molar refractivity (Wildman–Crippen MR) is 256 cm³/mol. The number of fused-ring (bicyclic) bond motifs is 9. The highest BCUT2D eigenvalue weighted by molar-refractivity contribution is 7.99. The van der Waals surface area contributed by atoms with Crippen LogP contribution in [-0.4, -0.2) is 9.97 Å². The van der Waals surface area contributed by atoms with Crippen LogP contribution in [0.15, 0.2) is 240 Å². The van der Waals surface area contributed by atoms with Crippen LogP contribution in [0, 0.1) is 0 Å². The molecular weight excluding hydrogens is 769 g/mol. The molecule has 2 aliphatic rings. The second-order valence-electron chi connectivity index (χ2n) is 16.1. The summed E-state index contributed by atoms with van der Waals surface area (Å²) in [5, 5.41) is 0. The molecule has 0 saturated carbocycles. The van der Waals surface area contributed by atoms with E-state index in [1.165, 1.54) is 54.3 Å². The first-order chi connectivity index (χ1) is 30.7. The summed E-state index contributed by atoms with van der Waals surface area (Å²) in [5.41, 5.74) is 19.4. The zero-order chi connectivity index (χ0) is 41.0. The summed E-state index contributed by atoms with van der Waals surface area (Å²) in [7, 11) is 0. The molecule has 10 aromatic rings. The SMILES string of the molecule is c1ccc(-c2cccc(-c3cc(-c4cccc(-c5ccc6c(c5)Sc5ccccc5C65c6ccccc6-c6ccccc65)c4)nc(-c4cccc(-c5ccccc5)c4)n3)c2)cc1. The molecule has 1 aliphatic carbocycles. The molecule has 0 unspecified atom stereocenters. The second kappa shape index (κ2) is 14.8. The van der Waals surface area contributed by atoms with Crippen LogP contribution in [0.4, 0.5) is 0 Å². The van der Waals surface area contributed by atoms with E-state index in [1.807, 2.05) is 11.8 Å². The van der Waals surface area contributed by atoms with Crippen LogP contribution in [0.1, 0.15) is 22.3 Å². The fourth-order valence-electron chi connectivity index (χ4n) is 9.73. The molecule has 0 fully saturated rings. The van der Waals surface area contributed by atoms with Crippen LogP contribution in [0.25, 0.3) is 78.4 Å². The van der Waals surface area contributed by atoms with Gasteiger partial charge in [-0.25, -0.2) is 9.97 Å². The average molecular weight is 807 g/mol. The first-order valence-corrected chi connectivity index (χ1v) is 22.0. The summed E-state index contributed by atoms with van der Waals surface area (Å²) in [6.45, 7) is 0. The van der Waals surface area contributed by atoms with Crippen LogP contribution < -0.4 is 0 Å². The third kappa shape index (κ3) is 5.96. The first kappa shape index (κ1) is 36.3. The van der Waals surface area contributed by atoms with Gasteiger partial charge in [-0.2, -0.15) is 0 Å². The Morgan fingerprint density at radius 1 is 0.274 bits per heavy atom. The molecule has 2 nitrogen and oxygen atoms in total. The number of benzene rings is 9. The van der Waals surface area contributed by atoms with Crippen molar-refractivity contribution in [3.05, 3.63) is 253 Å². The molecule has 9 aromatic carbocycles. The van der Waals surface area contributed by atoms with Crippen molar-refractivity contribution in [3.8, 4) is 78.4 Å². The summed E-state index contributed by atoms with van der Waals surface area (Å²) in [5.74, 6) is 0.692. The van der Waals surface area contributed by atoms with Gasteiger partial charge in [-0.15, -0.1) is 0 Å². The Balaban J connectivity index is 0.990. The van der Waals surface area contributed by atoms with Crippen LogP contribution in [0.2, 0.25) is 0 Å². The monoisotopic (exact) mass is 806 g/mol. The Morgan fingerprint density at radius 2 is 0.694 bits per heavy atom. The van der Waals surface area contributed by atoms with Crippen LogP contribution in [0.5, 0.6) is 0 Å². The van der Waals surface area contributed by atoms with E-state index in [0.717, 1.165) is 50.3 Å². The molecular formula is C59H38N2S. The van der Waals surface area contributed by atoms with E-state index in [1.54, 1.807) is 0 Å². The third-order valence-corrected chi connectivity index (χ3v) is 13.7. The van der Waals surface area contributed by atoms with Crippen LogP contribution >= 0.6 is 11.8 Å². The van der Waals surface area contributed by atoms with E-state index < -0.39 is 5.41 Å². The molecule has 0 bridgehead atoms. The molecule has 0 N–H and O–H groups in total. The van der Waals surface area contributed by atoms with E-state index in [2.05, 4.69) is 231 Å². The minimum absolute atomic E-state index is 0.395. The lowest BCUT2D eigenvalue weighted by molar-refractivity contribution is 0.722. The third-order valence-electron chi connectivity index (χ3n) is 12.6. The van der Waals surface area contributed by atoms with Gasteiger partial charge >= 0.3 is 0 Å². The average Bonchev–Trinajstić information content (AvgIpc) is 3.65. The van der Waals surface area contributed by atoms with Gasteiger partial charge in [0.1, 0.15) is 0 Å². The number of hydrogen-bond donors (Lipinski definition) is 0. The van der Waals surface area contributed by atoms with Gasteiger partial charge in [0, 0.05) is 26.5 Å². The van der Waals surface area contributed by atoms with Crippen molar-refractivity contribution in [2.45, 2.75) is 15.2 Å². The molecule has 1 spiro atoms. The van der Waals surface area contributed by atoms with Crippen molar-refractivity contribution in [3.63, 3.8) is 0 Å². The lowest BCUT2D eigenvalue weighted by atomic mass is 9.67. The fraction of sp³-hybridized carbons (Fsp3) is 0.0169. The first-order valence-electron chi connectivity index (χ1n) is 21.1. The maximum absolute atomic E-state index is 5.32. The van der Waals surface area contributed by atoms with Crippen molar-refractivity contribution in [2.75, 3.05) is 0 Å². The molecule has 3 heteroatoms. The second-order valence-corrected chi connectivity index (χ2v) is 17.2. The Kier molecular flexibility index (Phi) is 8.69. The lowest BCUT2D eigenvalue weighted by Gasteiger charge is -2.39.